The van der Waals surface area contributed by atoms with Gasteiger partial charge < -0.3 is 14.6 Å². The second-order valence-corrected chi connectivity index (χ2v) is 6.94. The highest BCUT2D eigenvalue weighted by molar-refractivity contribution is 5.72. The minimum Gasteiger partial charge on any atom is -0.488 e. The maximum Gasteiger partial charge on any atom is 0.303 e. The third kappa shape index (κ3) is 3.79. The molecular weight excluding hydrogens is 342 g/mol. The molecule has 1 aliphatic heterocycles. The molecule has 6 heteroatoms. The Labute approximate surface area is 150 Å². The maximum atomic E-state index is 14.4. The highest BCUT2D eigenvalue weighted by Gasteiger charge is 2.32. The van der Waals surface area contributed by atoms with Crippen molar-refractivity contribution in [3.05, 3.63) is 47.5 Å². The number of benzene rings is 2. The zero-order valence-electron chi connectivity index (χ0n) is 14.6. The van der Waals surface area contributed by atoms with Crippen LogP contribution in [-0.2, 0) is 11.2 Å². The predicted molar refractivity (Wildman–Crippen MR) is 92.6 cm³/mol. The Kier molecular flexibility index (Phi) is 4.85. The Hall–Kier alpha value is -2.63. The van der Waals surface area contributed by atoms with Crippen molar-refractivity contribution in [3.8, 4) is 22.6 Å². The average molecular weight is 362 g/mol. The Morgan fingerprint density at radius 2 is 1.96 bits per heavy atom. The summed E-state index contributed by atoms with van der Waals surface area (Å²) in [7, 11) is 0. The lowest BCUT2D eigenvalue weighted by molar-refractivity contribution is -0.137. The van der Waals surface area contributed by atoms with Gasteiger partial charge in [0.05, 0.1) is 6.61 Å². The van der Waals surface area contributed by atoms with Crippen molar-refractivity contribution in [1.29, 1.82) is 0 Å². The molecule has 3 rings (SSSR count). The maximum absolute atomic E-state index is 14.4. The quantitative estimate of drug-likeness (QED) is 0.764. The van der Waals surface area contributed by atoms with Gasteiger partial charge in [-0.2, -0.15) is 0 Å². The highest BCUT2D eigenvalue weighted by atomic mass is 19.1. The number of carbonyl (C=O) groups is 1. The van der Waals surface area contributed by atoms with E-state index in [0.29, 0.717) is 12.0 Å². The van der Waals surface area contributed by atoms with Crippen LogP contribution in [-0.4, -0.2) is 23.3 Å². The summed E-state index contributed by atoms with van der Waals surface area (Å²) in [6.45, 7) is 3.86. The van der Waals surface area contributed by atoms with Crippen molar-refractivity contribution in [3.63, 3.8) is 0 Å². The van der Waals surface area contributed by atoms with Gasteiger partial charge in [-0.25, -0.2) is 8.78 Å². The second kappa shape index (κ2) is 6.94. The molecule has 2 aromatic carbocycles. The summed E-state index contributed by atoms with van der Waals surface area (Å²) < 4.78 is 39.7. The van der Waals surface area contributed by atoms with E-state index in [1.165, 1.54) is 12.1 Å². The number of hydrogen-bond acceptors (Lipinski definition) is 3. The number of ether oxygens (including phenoxy) is 2. The number of rotatable bonds is 6. The van der Waals surface area contributed by atoms with Gasteiger partial charge in [-0.3, -0.25) is 4.79 Å². The van der Waals surface area contributed by atoms with E-state index in [0.717, 1.165) is 16.9 Å². The van der Waals surface area contributed by atoms with Crippen LogP contribution in [0, 0.1) is 11.6 Å². The van der Waals surface area contributed by atoms with Crippen LogP contribution in [0.25, 0.3) is 11.1 Å². The summed E-state index contributed by atoms with van der Waals surface area (Å²) in [4.78, 5) is 10.5. The van der Waals surface area contributed by atoms with Crippen molar-refractivity contribution in [2.75, 3.05) is 6.61 Å². The molecular formula is C20H20F2O4. The summed E-state index contributed by atoms with van der Waals surface area (Å²) in [5, 5.41) is 8.58. The van der Waals surface area contributed by atoms with E-state index in [-0.39, 0.29) is 25.0 Å². The number of carboxylic acids is 1. The summed E-state index contributed by atoms with van der Waals surface area (Å²) in [6, 6.07) is 7.92. The predicted octanol–water partition coefficient (Wildman–Crippen LogP) is 4.59. The van der Waals surface area contributed by atoms with Gasteiger partial charge >= 0.3 is 5.97 Å². The number of hydrogen-bond donors (Lipinski definition) is 1. The van der Waals surface area contributed by atoms with Crippen LogP contribution >= 0.6 is 0 Å². The first-order valence-electron chi connectivity index (χ1n) is 8.42. The molecule has 0 unspecified atom stereocenters. The van der Waals surface area contributed by atoms with E-state index in [2.05, 4.69) is 0 Å². The van der Waals surface area contributed by atoms with Crippen molar-refractivity contribution in [1.82, 2.24) is 0 Å². The molecule has 0 fully saturated rings. The average Bonchev–Trinajstić information content (AvgIpc) is 2.86. The van der Waals surface area contributed by atoms with Crippen molar-refractivity contribution >= 4 is 5.97 Å². The number of carboxylic acid groups (broad SMARTS) is 1. The fraction of sp³-hybridized carbons (Fsp3) is 0.350. The zero-order valence-corrected chi connectivity index (χ0v) is 14.6. The summed E-state index contributed by atoms with van der Waals surface area (Å²) in [5.41, 5.74) is 1.70. The van der Waals surface area contributed by atoms with E-state index in [1.54, 1.807) is 6.07 Å². The summed E-state index contributed by atoms with van der Waals surface area (Å²) >= 11 is 0. The molecule has 0 bridgehead atoms. The number of aliphatic carboxylic acids is 1. The third-order valence-corrected chi connectivity index (χ3v) is 4.21. The molecule has 1 N–H and O–H groups in total. The molecule has 1 heterocycles. The Bertz CT molecular complexity index is 823. The van der Waals surface area contributed by atoms with Gasteiger partial charge in [0.2, 0.25) is 0 Å². The first-order chi connectivity index (χ1) is 12.3. The lowest BCUT2D eigenvalue weighted by Gasteiger charge is -2.16. The van der Waals surface area contributed by atoms with Crippen LogP contribution in [0.15, 0.2) is 30.3 Å². The van der Waals surface area contributed by atoms with Gasteiger partial charge in [0.25, 0.3) is 0 Å². The van der Waals surface area contributed by atoms with Crippen molar-refractivity contribution < 1.29 is 28.2 Å². The van der Waals surface area contributed by atoms with E-state index < -0.39 is 23.4 Å². The summed E-state index contributed by atoms with van der Waals surface area (Å²) in [6.07, 6.45) is 0.705. The van der Waals surface area contributed by atoms with Crippen molar-refractivity contribution in [2.24, 2.45) is 0 Å². The molecule has 4 nitrogen and oxygen atoms in total. The van der Waals surface area contributed by atoms with Gasteiger partial charge in [0.15, 0.2) is 17.4 Å². The van der Waals surface area contributed by atoms with Crippen LogP contribution in [0.1, 0.15) is 32.3 Å². The monoisotopic (exact) mass is 362 g/mol. The van der Waals surface area contributed by atoms with Gasteiger partial charge in [-0.1, -0.05) is 12.1 Å². The standard InChI is InChI=1S/C20H20F2O4/c1-20(2)11-14-13(5-3-6-17(14)26-20)12-9-15(21)19(16(22)10-12)25-8-4-7-18(23)24/h3,5-6,9-10H,4,7-8,11H2,1-2H3,(H,23,24). The van der Waals surface area contributed by atoms with Crippen molar-refractivity contribution in [2.45, 2.75) is 38.7 Å². The number of fused-ring (bicyclic) bond motifs is 1. The van der Waals surface area contributed by atoms with Crippen LogP contribution in [0.4, 0.5) is 8.78 Å². The lowest BCUT2D eigenvalue weighted by atomic mass is 9.93. The first kappa shape index (κ1) is 18.2. The van der Waals surface area contributed by atoms with Crippen LogP contribution in [0.2, 0.25) is 0 Å². The van der Waals surface area contributed by atoms with E-state index in [4.69, 9.17) is 14.6 Å². The molecule has 0 saturated heterocycles. The molecule has 0 aliphatic carbocycles. The molecule has 0 spiro atoms. The minimum atomic E-state index is -0.979. The molecule has 1 aliphatic rings. The molecule has 26 heavy (non-hydrogen) atoms. The molecule has 138 valence electrons. The topological polar surface area (TPSA) is 55.8 Å². The Balaban J connectivity index is 1.86. The largest absolute Gasteiger partial charge is 0.488 e. The molecule has 2 aromatic rings. The van der Waals surface area contributed by atoms with Gasteiger partial charge in [-0.15, -0.1) is 0 Å². The van der Waals surface area contributed by atoms with Gasteiger partial charge in [0, 0.05) is 18.4 Å². The van der Waals surface area contributed by atoms with Crippen LogP contribution < -0.4 is 9.47 Å². The normalized spacial score (nSPS) is 14.6. The fourth-order valence-electron chi connectivity index (χ4n) is 3.12. The summed E-state index contributed by atoms with van der Waals surface area (Å²) in [5.74, 6) is -2.37. The zero-order chi connectivity index (χ0) is 18.9. The SMILES string of the molecule is CC1(C)Cc2c(cccc2-c2cc(F)c(OCCCC(=O)O)c(F)c2)O1. The van der Waals surface area contributed by atoms with Gasteiger partial charge in [0.1, 0.15) is 11.4 Å². The smallest absolute Gasteiger partial charge is 0.303 e. The molecule has 0 radical (unpaired) electrons. The fourth-order valence-corrected chi connectivity index (χ4v) is 3.12. The molecule has 0 atom stereocenters. The van der Waals surface area contributed by atoms with E-state index in [9.17, 15) is 13.6 Å². The Morgan fingerprint density at radius 1 is 1.27 bits per heavy atom. The third-order valence-electron chi connectivity index (χ3n) is 4.21. The van der Waals surface area contributed by atoms with Crippen LogP contribution in [0.5, 0.6) is 11.5 Å². The minimum absolute atomic E-state index is 0.0672. The van der Waals surface area contributed by atoms with E-state index >= 15 is 0 Å². The number of halogens is 2. The Morgan fingerprint density at radius 3 is 2.62 bits per heavy atom. The van der Waals surface area contributed by atoms with E-state index in [1.807, 2.05) is 26.0 Å². The molecule has 0 aromatic heterocycles. The van der Waals surface area contributed by atoms with Crippen LogP contribution in [0.3, 0.4) is 0 Å². The first-order valence-corrected chi connectivity index (χ1v) is 8.42. The van der Waals surface area contributed by atoms with Gasteiger partial charge in [-0.05, 0) is 49.6 Å². The lowest BCUT2D eigenvalue weighted by Crippen LogP contribution is -2.24. The second-order valence-electron chi connectivity index (χ2n) is 6.94. The molecule has 0 amide bonds. The molecule has 0 saturated carbocycles. The highest BCUT2D eigenvalue weighted by Crippen LogP contribution is 2.41.